The van der Waals surface area contributed by atoms with E-state index in [4.69, 9.17) is 11.6 Å². The van der Waals surface area contributed by atoms with Gasteiger partial charge in [-0.2, -0.15) is 0 Å². The quantitative estimate of drug-likeness (QED) is 0.801. The second-order valence-electron chi connectivity index (χ2n) is 4.48. The van der Waals surface area contributed by atoms with Gasteiger partial charge in [-0.3, -0.25) is 4.79 Å². The Morgan fingerprint density at radius 2 is 2.05 bits per heavy atom. The number of carbonyl (C=O) groups is 1. The molecule has 0 aliphatic carbocycles. The summed E-state index contributed by atoms with van der Waals surface area (Å²) in [6, 6.07) is 6.97. The molecule has 1 aliphatic rings. The van der Waals surface area contributed by atoms with E-state index in [-0.39, 0.29) is 5.91 Å². The second kappa shape index (κ2) is 4.97. The third kappa shape index (κ3) is 2.44. The number of fused-ring (bicyclic) bond motifs is 1. The molecular weight excluding hydrogens is 262 g/mol. The molecule has 0 bridgehead atoms. The lowest BCUT2D eigenvalue weighted by atomic mass is 10.1. The van der Waals surface area contributed by atoms with Crippen LogP contribution in [0.25, 0.3) is 0 Å². The summed E-state index contributed by atoms with van der Waals surface area (Å²) in [5, 5.41) is 0.633. The minimum atomic E-state index is 0.0196. The van der Waals surface area contributed by atoms with Gasteiger partial charge in [0.2, 0.25) is 0 Å². The summed E-state index contributed by atoms with van der Waals surface area (Å²) in [5.41, 5.74) is 2.72. The van der Waals surface area contributed by atoms with Crippen molar-refractivity contribution in [1.29, 1.82) is 0 Å². The van der Waals surface area contributed by atoms with Crippen LogP contribution in [0, 0.1) is 0 Å². The molecule has 0 saturated heterocycles. The Labute approximate surface area is 116 Å². The number of rotatable bonds is 1. The Hall–Kier alpha value is -1.94. The third-order valence-electron chi connectivity index (χ3n) is 3.24. The van der Waals surface area contributed by atoms with E-state index in [2.05, 4.69) is 9.97 Å². The summed E-state index contributed by atoms with van der Waals surface area (Å²) in [6.45, 7) is 1.25. The molecule has 0 atom stereocenters. The zero-order chi connectivity index (χ0) is 13.2. The maximum atomic E-state index is 12.4. The van der Waals surface area contributed by atoms with Gasteiger partial charge in [0.15, 0.2) is 0 Å². The van der Waals surface area contributed by atoms with Crippen LogP contribution >= 0.6 is 11.6 Å². The van der Waals surface area contributed by atoms with Crippen molar-refractivity contribution >= 4 is 17.5 Å². The largest absolute Gasteiger partial charge is 0.334 e. The molecule has 1 aromatic carbocycles. The first-order valence-electron chi connectivity index (χ1n) is 6.06. The highest BCUT2D eigenvalue weighted by Gasteiger charge is 2.22. The predicted octanol–water partition coefficient (Wildman–Crippen LogP) is 2.33. The lowest BCUT2D eigenvalue weighted by Gasteiger charge is -2.27. The van der Waals surface area contributed by atoms with Crippen molar-refractivity contribution in [3.63, 3.8) is 0 Å². The van der Waals surface area contributed by atoms with Gasteiger partial charge in [-0.1, -0.05) is 11.6 Å². The van der Waals surface area contributed by atoms with E-state index < -0.39 is 0 Å². The number of amides is 1. The molecule has 4 nitrogen and oxygen atoms in total. The Kier molecular flexibility index (Phi) is 3.17. The van der Waals surface area contributed by atoms with E-state index >= 15 is 0 Å². The minimum Gasteiger partial charge on any atom is -0.334 e. The van der Waals surface area contributed by atoms with E-state index in [0.29, 0.717) is 23.7 Å². The summed E-state index contributed by atoms with van der Waals surface area (Å²) in [7, 11) is 0. The normalized spacial score (nSPS) is 14.1. The molecule has 0 unspecified atom stereocenters. The smallest absolute Gasteiger partial charge is 0.254 e. The lowest BCUT2D eigenvalue weighted by molar-refractivity contribution is 0.0733. The fourth-order valence-electron chi connectivity index (χ4n) is 2.21. The van der Waals surface area contributed by atoms with Crippen molar-refractivity contribution in [2.75, 3.05) is 6.54 Å². The standard InChI is InChI=1S/C14H12ClN3O/c15-12-3-1-10(2-4-12)14(19)18-6-5-13-11(8-18)7-16-9-17-13/h1-4,7,9H,5-6,8H2. The van der Waals surface area contributed by atoms with Crippen LogP contribution in [0.3, 0.4) is 0 Å². The average molecular weight is 274 g/mol. The van der Waals surface area contributed by atoms with Gasteiger partial charge in [-0.25, -0.2) is 9.97 Å². The van der Waals surface area contributed by atoms with Gasteiger partial charge in [-0.05, 0) is 24.3 Å². The molecule has 19 heavy (non-hydrogen) atoms. The predicted molar refractivity (Wildman–Crippen MR) is 71.9 cm³/mol. The number of hydrogen-bond donors (Lipinski definition) is 0. The Morgan fingerprint density at radius 3 is 2.84 bits per heavy atom. The molecule has 0 radical (unpaired) electrons. The van der Waals surface area contributed by atoms with Crippen molar-refractivity contribution in [1.82, 2.24) is 14.9 Å². The van der Waals surface area contributed by atoms with Crippen LogP contribution in [0.4, 0.5) is 0 Å². The number of aromatic nitrogens is 2. The van der Waals surface area contributed by atoms with Crippen LogP contribution in [0.15, 0.2) is 36.8 Å². The highest BCUT2D eigenvalue weighted by molar-refractivity contribution is 6.30. The zero-order valence-corrected chi connectivity index (χ0v) is 11.0. The fraction of sp³-hybridized carbons (Fsp3) is 0.214. The van der Waals surface area contributed by atoms with Gasteiger partial charge in [0.25, 0.3) is 5.91 Å². The number of benzene rings is 1. The van der Waals surface area contributed by atoms with E-state index in [9.17, 15) is 4.79 Å². The summed E-state index contributed by atoms with van der Waals surface area (Å²) >= 11 is 5.83. The molecule has 5 heteroatoms. The van der Waals surface area contributed by atoms with Crippen LogP contribution in [0.5, 0.6) is 0 Å². The Bertz CT molecular complexity index is 612. The number of nitrogens with zero attached hydrogens (tertiary/aromatic N) is 3. The third-order valence-corrected chi connectivity index (χ3v) is 3.49. The average Bonchev–Trinajstić information content (AvgIpc) is 2.47. The first kappa shape index (κ1) is 12.1. The summed E-state index contributed by atoms with van der Waals surface area (Å²) in [6.07, 6.45) is 4.11. The second-order valence-corrected chi connectivity index (χ2v) is 4.91. The summed E-state index contributed by atoms with van der Waals surface area (Å²) in [4.78, 5) is 22.4. The van der Waals surface area contributed by atoms with E-state index in [1.807, 2.05) is 4.90 Å². The van der Waals surface area contributed by atoms with Crippen LogP contribution in [-0.2, 0) is 13.0 Å². The molecule has 0 spiro atoms. The van der Waals surface area contributed by atoms with Gasteiger partial charge >= 0.3 is 0 Å². The molecule has 0 N–H and O–H groups in total. The van der Waals surface area contributed by atoms with Crippen molar-refractivity contribution in [3.8, 4) is 0 Å². The van der Waals surface area contributed by atoms with E-state index in [0.717, 1.165) is 17.7 Å². The molecule has 1 amide bonds. The summed E-state index contributed by atoms with van der Waals surface area (Å²) < 4.78 is 0. The molecule has 3 rings (SSSR count). The van der Waals surface area contributed by atoms with Crippen LogP contribution in [-0.4, -0.2) is 27.3 Å². The van der Waals surface area contributed by atoms with Crippen LogP contribution in [0.1, 0.15) is 21.6 Å². The number of hydrogen-bond acceptors (Lipinski definition) is 3. The van der Waals surface area contributed by atoms with Crippen molar-refractivity contribution in [2.45, 2.75) is 13.0 Å². The topological polar surface area (TPSA) is 46.1 Å². The maximum absolute atomic E-state index is 12.4. The highest BCUT2D eigenvalue weighted by Crippen LogP contribution is 2.18. The minimum absolute atomic E-state index is 0.0196. The Morgan fingerprint density at radius 1 is 1.26 bits per heavy atom. The SMILES string of the molecule is O=C(c1ccc(Cl)cc1)N1CCc2ncncc2C1. The zero-order valence-electron chi connectivity index (χ0n) is 10.2. The highest BCUT2D eigenvalue weighted by atomic mass is 35.5. The number of halogens is 1. The maximum Gasteiger partial charge on any atom is 0.254 e. The van der Waals surface area contributed by atoms with Crippen molar-refractivity contribution in [2.24, 2.45) is 0 Å². The van der Waals surface area contributed by atoms with E-state index in [1.54, 1.807) is 36.8 Å². The lowest BCUT2D eigenvalue weighted by Crippen LogP contribution is -2.36. The monoisotopic (exact) mass is 273 g/mol. The molecule has 0 saturated carbocycles. The van der Waals surface area contributed by atoms with Gasteiger partial charge in [0, 0.05) is 41.9 Å². The van der Waals surface area contributed by atoms with Crippen LogP contribution in [0.2, 0.25) is 5.02 Å². The molecular formula is C14H12ClN3O. The first-order valence-corrected chi connectivity index (χ1v) is 6.44. The molecule has 2 aromatic rings. The molecule has 96 valence electrons. The van der Waals surface area contributed by atoms with Crippen molar-refractivity contribution in [3.05, 3.63) is 58.6 Å². The molecule has 1 aromatic heterocycles. The first-order chi connectivity index (χ1) is 9.24. The van der Waals surface area contributed by atoms with Gasteiger partial charge in [0.05, 0.1) is 5.69 Å². The molecule has 0 fully saturated rings. The fourth-order valence-corrected chi connectivity index (χ4v) is 2.34. The van der Waals surface area contributed by atoms with Gasteiger partial charge in [-0.15, -0.1) is 0 Å². The summed E-state index contributed by atoms with van der Waals surface area (Å²) in [5.74, 6) is 0.0196. The number of carbonyl (C=O) groups excluding carboxylic acids is 1. The van der Waals surface area contributed by atoms with Gasteiger partial charge < -0.3 is 4.90 Å². The Balaban J connectivity index is 1.81. The van der Waals surface area contributed by atoms with Gasteiger partial charge in [0.1, 0.15) is 6.33 Å². The van der Waals surface area contributed by atoms with Crippen LogP contribution < -0.4 is 0 Å². The molecule has 2 heterocycles. The van der Waals surface area contributed by atoms with Crippen molar-refractivity contribution < 1.29 is 4.79 Å². The van der Waals surface area contributed by atoms with E-state index in [1.165, 1.54) is 0 Å². The molecule has 1 aliphatic heterocycles.